The number of ether oxygens (including phenoxy) is 1. The van der Waals surface area contributed by atoms with E-state index in [2.05, 4.69) is 10.6 Å². The van der Waals surface area contributed by atoms with Crippen molar-refractivity contribution in [3.05, 3.63) is 40.4 Å². The number of likely N-dealkylation sites (tertiary alicyclic amines) is 1. The molecule has 3 heterocycles. The van der Waals surface area contributed by atoms with Crippen LogP contribution in [0.4, 0.5) is 5.69 Å². The van der Waals surface area contributed by atoms with Crippen LogP contribution in [0.25, 0.3) is 0 Å². The van der Waals surface area contributed by atoms with Crippen molar-refractivity contribution in [3.8, 4) is 0 Å². The molecule has 2 bridgehead atoms. The number of rotatable bonds is 5. The summed E-state index contributed by atoms with van der Waals surface area (Å²) in [4.78, 5) is 43.9. The normalized spacial score (nSPS) is 35.0. The number of nitrogens with zero attached hydrogens (tertiary/aromatic N) is 1. The molecule has 2 N–H and O–H groups in total. The van der Waals surface area contributed by atoms with Crippen LogP contribution in [-0.2, 0) is 19.1 Å². The van der Waals surface area contributed by atoms with Gasteiger partial charge in [0.1, 0.15) is 11.6 Å². The fraction of sp³-hybridized carbons (Fsp3) is 0.621. The third-order valence-electron chi connectivity index (χ3n) is 9.37. The summed E-state index contributed by atoms with van der Waals surface area (Å²) in [7, 11) is 0. The summed E-state index contributed by atoms with van der Waals surface area (Å²) in [6.45, 7) is 1.84. The smallest absolute Gasteiger partial charge is 0.246 e. The molecule has 0 aromatic heterocycles. The average molecular weight is 561 g/mol. The number of hydrogen-bond acceptors (Lipinski definition) is 4. The van der Waals surface area contributed by atoms with Crippen molar-refractivity contribution in [2.75, 3.05) is 5.32 Å². The molecule has 1 spiro atoms. The van der Waals surface area contributed by atoms with Gasteiger partial charge in [0, 0.05) is 17.8 Å². The van der Waals surface area contributed by atoms with Crippen LogP contribution in [0, 0.1) is 11.8 Å². The second-order valence-corrected chi connectivity index (χ2v) is 12.6. The van der Waals surface area contributed by atoms with E-state index >= 15 is 0 Å². The van der Waals surface area contributed by atoms with Crippen LogP contribution in [0.3, 0.4) is 0 Å². The van der Waals surface area contributed by atoms with Gasteiger partial charge in [-0.2, -0.15) is 0 Å². The number of carbonyl (C=O) groups excluding carboxylic acids is 3. The van der Waals surface area contributed by atoms with E-state index in [1.165, 1.54) is 6.42 Å². The number of anilines is 1. The third kappa shape index (κ3) is 4.16. The summed E-state index contributed by atoms with van der Waals surface area (Å²) in [5, 5.41) is 6.92. The second-order valence-electron chi connectivity index (χ2n) is 11.8. The van der Waals surface area contributed by atoms with Gasteiger partial charge >= 0.3 is 0 Å². The lowest BCUT2D eigenvalue weighted by atomic mass is 9.70. The summed E-state index contributed by atoms with van der Waals surface area (Å²) in [6, 6.07) is 4.19. The van der Waals surface area contributed by atoms with Gasteiger partial charge in [0.05, 0.1) is 27.5 Å². The minimum absolute atomic E-state index is 0.0269. The number of fused-ring (bicyclic) bond motifs is 1. The van der Waals surface area contributed by atoms with Gasteiger partial charge in [-0.05, 0) is 50.8 Å². The van der Waals surface area contributed by atoms with Crippen LogP contribution >= 0.6 is 23.2 Å². The maximum absolute atomic E-state index is 14.3. The summed E-state index contributed by atoms with van der Waals surface area (Å²) in [5.74, 6) is -2.19. The Kier molecular flexibility index (Phi) is 6.76. The highest BCUT2D eigenvalue weighted by molar-refractivity contribution is 6.42. The minimum Gasteiger partial charge on any atom is -0.356 e. The standard InChI is InChI=1S/C29H35Cl2N3O4/c1-28-14-15-29(38-28)23(22(28)25(35)33-18-12-13-20(30)21(31)16-18)27(37)34(19-10-6-3-7-11-19)24(29)26(36)32-17-8-4-2-5-9-17/h12-17,19,22-24H,2-11H2,1H3,(H,32,36)(H,33,35)/t22-,23-,24-,28-,29-/m0/s1. The monoisotopic (exact) mass is 559 g/mol. The fourth-order valence-electron chi connectivity index (χ4n) is 7.64. The molecule has 0 radical (unpaired) electrons. The Hall–Kier alpha value is -2.09. The van der Waals surface area contributed by atoms with Crippen LogP contribution in [0.1, 0.15) is 71.1 Å². The molecule has 6 rings (SSSR count). The first kappa shape index (κ1) is 26.1. The quantitative estimate of drug-likeness (QED) is 0.482. The molecule has 1 aromatic carbocycles. The van der Waals surface area contributed by atoms with E-state index in [0.29, 0.717) is 15.7 Å². The lowest BCUT2D eigenvalue weighted by molar-refractivity contribution is -0.147. The van der Waals surface area contributed by atoms with Gasteiger partial charge < -0.3 is 20.3 Å². The molecule has 1 aromatic rings. The molecule has 9 heteroatoms. The van der Waals surface area contributed by atoms with Gasteiger partial charge in [0.2, 0.25) is 17.7 Å². The molecule has 38 heavy (non-hydrogen) atoms. The van der Waals surface area contributed by atoms with Gasteiger partial charge in [-0.3, -0.25) is 14.4 Å². The third-order valence-corrected chi connectivity index (χ3v) is 10.1. The molecule has 4 fully saturated rings. The van der Waals surface area contributed by atoms with Crippen LogP contribution in [0.2, 0.25) is 10.0 Å². The number of nitrogens with one attached hydrogen (secondary N) is 2. The Morgan fingerprint density at radius 1 is 0.947 bits per heavy atom. The van der Waals surface area contributed by atoms with Crippen molar-refractivity contribution >= 4 is 46.6 Å². The zero-order valence-electron chi connectivity index (χ0n) is 21.7. The molecule has 7 nitrogen and oxygen atoms in total. The van der Waals surface area contributed by atoms with Gasteiger partial charge in [-0.15, -0.1) is 0 Å². The number of benzene rings is 1. The average Bonchev–Trinajstić information content (AvgIpc) is 3.48. The minimum atomic E-state index is -1.17. The lowest BCUT2D eigenvalue weighted by Crippen LogP contribution is -2.58. The van der Waals surface area contributed by atoms with E-state index in [1.807, 2.05) is 19.1 Å². The highest BCUT2D eigenvalue weighted by Gasteiger charge is 2.76. The van der Waals surface area contributed by atoms with Crippen molar-refractivity contribution in [1.82, 2.24) is 10.2 Å². The Morgan fingerprint density at radius 3 is 2.32 bits per heavy atom. The first-order valence-electron chi connectivity index (χ1n) is 14.0. The van der Waals surface area contributed by atoms with Crippen LogP contribution in [0.15, 0.2) is 30.4 Å². The Bertz CT molecular complexity index is 1180. The van der Waals surface area contributed by atoms with E-state index in [-0.39, 0.29) is 29.8 Å². The van der Waals surface area contributed by atoms with Crippen molar-refractivity contribution in [2.24, 2.45) is 11.8 Å². The zero-order valence-corrected chi connectivity index (χ0v) is 23.2. The van der Waals surface area contributed by atoms with Crippen LogP contribution < -0.4 is 10.6 Å². The summed E-state index contributed by atoms with van der Waals surface area (Å²) in [5.41, 5.74) is -1.67. The molecule has 204 valence electrons. The molecular weight excluding hydrogens is 525 g/mol. The molecule has 3 aliphatic heterocycles. The molecule has 0 unspecified atom stereocenters. The van der Waals surface area contributed by atoms with Crippen molar-refractivity contribution in [1.29, 1.82) is 0 Å². The molecule has 2 saturated carbocycles. The van der Waals surface area contributed by atoms with E-state index in [9.17, 15) is 14.4 Å². The topological polar surface area (TPSA) is 87.7 Å². The maximum Gasteiger partial charge on any atom is 0.246 e. The zero-order chi connectivity index (χ0) is 26.7. The molecule has 5 aliphatic rings. The molecule has 2 saturated heterocycles. The maximum atomic E-state index is 14.3. The molecular formula is C29H35Cl2N3O4. The van der Waals surface area contributed by atoms with E-state index in [0.717, 1.165) is 57.8 Å². The van der Waals surface area contributed by atoms with Gasteiger partial charge in [0.25, 0.3) is 0 Å². The summed E-state index contributed by atoms with van der Waals surface area (Å²) < 4.78 is 6.66. The molecule has 2 aliphatic carbocycles. The Labute approximate surface area is 233 Å². The highest BCUT2D eigenvalue weighted by Crippen LogP contribution is 2.60. The van der Waals surface area contributed by atoms with Gasteiger partial charge in [-0.25, -0.2) is 0 Å². The molecule has 5 atom stereocenters. The number of hydrogen-bond donors (Lipinski definition) is 2. The highest BCUT2D eigenvalue weighted by atomic mass is 35.5. The summed E-state index contributed by atoms with van der Waals surface area (Å²) >= 11 is 12.2. The number of halogens is 2. The number of carbonyl (C=O) groups is 3. The lowest BCUT2D eigenvalue weighted by Gasteiger charge is -2.39. The summed E-state index contributed by atoms with van der Waals surface area (Å²) in [6.07, 6.45) is 14.0. The van der Waals surface area contributed by atoms with Crippen molar-refractivity contribution < 1.29 is 19.1 Å². The van der Waals surface area contributed by atoms with Crippen molar-refractivity contribution in [3.63, 3.8) is 0 Å². The predicted molar refractivity (Wildman–Crippen MR) is 146 cm³/mol. The van der Waals surface area contributed by atoms with E-state index in [4.69, 9.17) is 27.9 Å². The number of amides is 3. The molecule has 3 amide bonds. The second kappa shape index (κ2) is 9.83. The largest absolute Gasteiger partial charge is 0.356 e. The van der Waals surface area contributed by atoms with Crippen molar-refractivity contribution in [2.45, 2.75) is 100 Å². The predicted octanol–water partition coefficient (Wildman–Crippen LogP) is 5.25. The van der Waals surface area contributed by atoms with Crippen LogP contribution in [0.5, 0.6) is 0 Å². The fourth-order valence-corrected chi connectivity index (χ4v) is 7.94. The first-order chi connectivity index (χ1) is 18.2. The van der Waals surface area contributed by atoms with Crippen LogP contribution in [-0.4, -0.2) is 51.9 Å². The first-order valence-corrected chi connectivity index (χ1v) is 14.8. The Morgan fingerprint density at radius 2 is 1.63 bits per heavy atom. The van der Waals surface area contributed by atoms with E-state index in [1.54, 1.807) is 23.1 Å². The van der Waals surface area contributed by atoms with Gasteiger partial charge in [0.15, 0.2) is 0 Å². The van der Waals surface area contributed by atoms with E-state index < -0.39 is 29.1 Å². The Balaban J connectivity index is 1.34. The SMILES string of the molecule is C[C@@]12C=C[C@]3(O1)[C@H](C(=O)N(C1CCCCC1)[C@H]3C(=O)NC1CCCCC1)[C@H]2C(=O)Nc1ccc(Cl)c(Cl)c1. The van der Waals surface area contributed by atoms with Gasteiger partial charge in [-0.1, -0.05) is 73.9 Å².